The maximum absolute atomic E-state index is 12.5. The number of H-pyrrole nitrogens is 2. The number of piperazine rings is 1. The van der Waals surface area contributed by atoms with Gasteiger partial charge in [0.05, 0.1) is 0 Å². The number of nitrogens with zero attached hydrogens (tertiary/aromatic N) is 4. The van der Waals surface area contributed by atoms with Gasteiger partial charge in [-0.05, 0) is 12.3 Å². The third kappa shape index (κ3) is 4.75. The van der Waals surface area contributed by atoms with Gasteiger partial charge in [-0.1, -0.05) is 13.8 Å². The molecule has 158 valence electrons. The van der Waals surface area contributed by atoms with Gasteiger partial charge >= 0.3 is 5.69 Å². The van der Waals surface area contributed by atoms with Gasteiger partial charge in [-0.25, -0.2) is 9.78 Å². The van der Waals surface area contributed by atoms with E-state index in [2.05, 4.69) is 28.8 Å². The minimum Gasteiger partial charge on any atom is -0.339 e. The van der Waals surface area contributed by atoms with Crippen molar-refractivity contribution in [2.24, 2.45) is 13.0 Å². The molecular formula is C19H28N6O4. The quantitative estimate of drug-likeness (QED) is 0.701. The van der Waals surface area contributed by atoms with E-state index >= 15 is 0 Å². The van der Waals surface area contributed by atoms with Crippen LogP contribution in [-0.4, -0.2) is 67.3 Å². The predicted octanol–water partition coefficient (Wildman–Crippen LogP) is -0.0105. The van der Waals surface area contributed by atoms with E-state index in [0.717, 1.165) is 6.42 Å². The molecule has 0 saturated carbocycles. The van der Waals surface area contributed by atoms with Crippen molar-refractivity contribution in [3.63, 3.8) is 0 Å². The summed E-state index contributed by atoms with van der Waals surface area (Å²) in [5.41, 5.74) is -0.554. The number of hydrogen-bond acceptors (Lipinski definition) is 5. The molecule has 1 saturated heterocycles. The number of aryl methyl sites for hydroxylation is 2. The third-order valence-corrected chi connectivity index (χ3v) is 5.30. The Kier molecular flexibility index (Phi) is 6.19. The van der Waals surface area contributed by atoms with E-state index in [9.17, 15) is 19.2 Å². The number of carbonyl (C=O) groups is 2. The highest BCUT2D eigenvalue weighted by atomic mass is 16.2. The largest absolute Gasteiger partial charge is 0.339 e. The average molecular weight is 404 g/mol. The average Bonchev–Trinajstić information content (AvgIpc) is 3.13. The summed E-state index contributed by atoms with van der Waals surface area (Å²) >= 11 is 0. The van der Waals surface area contributed by atoms with Crippen LogP contribution in [0.5, 0.6) is 0 Å². The fourth-order valence-corrected chi connectivity index (χ4v) is 3.43. The molecule has 3 heterocycles. The molecule has 0 unspecified atom stereocenters. The van der Waals surface area contributed by atoms with Crippen molar-refractivity contribution in [1.29, 1.82) is 0 Å². The zero-order valence-electron chi connectivity index (χ0n) is 17.2. The summed E-state index contributed by atoms with van der Waals surface area (Å²) in [5.74, 6) is 1.13. The first-order chi connectivity index (χ1) is 13.8. The van der Waals surface area contributed by atoms with E-state index in [1.54, 1.807) is 4.90 Å². The molecule has 2 aromatic heterocycles. The number of rotatable bonds is 6. The van der Waals surface area contributed by atoms with E-state index < -0.39 is 11.2 Å². The summed E-state index contributed by atoms with van der Waals surface area (Å²) in [7, 11) is 1.53. The lowest BCUT2D eigenvalue weighted by Crippen LogP contribution is -2.50. The lowest BCUT2D eigenvalue weighted by atomic mass is 10.1. The van der Waals surface area contributed by atoms with Crippen LogP contribution in [0, 0.1) is 5.92 Å². The van der Waals surface area contributed by atoms with Crippen LogP contribution in [0.4, 0.5) is 0 Å². The van der Waals surface area contributed by atoms with Gasteiger partial charge in [-0.2, -0.15) is 0 Å². The Bertz CT molecular complexity index is 1010. The monoisotopic (exact) mass is 404 g/mol. The van der Waals surface area contributed by atoms with Crippen molar-refractivity contribution in [1.82, 2.24) is 29.3 Å². The number of aromatic amines is 2. The minimum absolute atomic E-state index is 0.0115. The van der Waals surface area contributed by atoms with Crippen LogP contribution >= 0.6 is 0 Å². The summed E-state index contributed by atoms with van der Waals surface area (Å²) in [6.45, 7) is 6.37. The lowest BCUT2D eigenvalue weighted by Gasteiger charge is -2.35. The Morgan fingerprint density at radius 3 is 2.17 bits per heavy atom. The van der Waals surface area contributed by atoms with E-state index in [0.29, 0.717) is 50.8 Å². The summed E-state index contributed by atoms with van der Waals surface area (Å²) in [4.78, 5) is 61.2. The zero-order chi connectivity index (χ0) is 21.1. The number of nitrogens with one attached hydrogen (secondary N) is 2. The normalized spacial score (nSPS) is 14.8. The van der Waals surface area contributed by atoms with Gasteiger partial charge in [0.15, 0.2) is 5.65 Å². The second-order valence-electron chi connectivity index (χ2n) is 7.89. The molecule has 29 heavy (non-hydrogen) atoms. The van der Waals surface area contributed by atoms with Gasteiger partial charge in [-0.3, -0.25) is 23.9 Å². The molecule has 2 N–H and O–H groups in total. The minimum atomic E-state index is -0.530. The fourth-order valence-electron chi connectivity index (χ4n) is 3.43. The Morgan fingerprint density at radius 1 is 1.00 bits per heavy atom. The molecule has 10 heteroatoms. The molecule has 1 aliphatic heterocycles. The van der Waals surface area contributed by atoms with Gasteiger partial charge in [0.1, 0.15) is 11.3 Å². The molecule has 0 atom stereocenters. The van der Waals surface area contributed by atoms with Gasteiger partial charge in [-0.15, -0.1) is 0 Å². The molecule has 10 nitrogen and oxygen atoms in total. The molecule has 0 aliphatic carbocycles. The third-order valence-electron chi connectivity index (χ3n) is 5.30. The fraction of sp³-hybridized carbons (Fsp3) is 0.632. The summed E-state index contributed by atoms with van der Waals surface area (Å²) in [6, 6.07) is 0. The van der Waals surface area contributed by atoms with Crippen LogP contribution in [0.2, 0.25) is 0 Å². The highest BCUT2D eigenvalue weighted by Crippen LogP contribution is 2.11. The highest BCUT2D eigenvalue weighted by Gasteiger charge is 2.24. The Labute approximate surface area is 167 Å². The highest BCUT2D eigenvalue weighted by molar-refractivity contribution is 5.78. The van der Waals surface area contributed by atoms with Crippen LogP contribution in [0.15, 0.2) is 9.59 Å². The van der Waals surface area contributed by atoms with Crippen LogP contribution in [-0.2, 0) is 23.1 Å². The number of imidazole rings is 1. The van der Waals surface area contributed by atoms with Crippen molar-refractivity contribution in [2.75, 3.05) is 26.2 Å². The van der Waals surface area contributed by atoms with E-state index in [4.69, 9.17) is 0 Å². The van der Waals surface area contributed by atoms with Crippen molar-refractivity contribution in [2.45, 2.75) is 39.5 Å². The maximum Gasteiger partial charge on any atom is 0.329 e. The molecular weight excluding hydrogens is 376 g/mol. The molecule has 2 amide bonds. The molecule has 0 radical (unpaired) electrons. The molecule has 0 aromatic carbocycles. The Balaban J connectivity index is 1.53. The number of hydrogen-bond donors (Lipinski definition) is 2. The second-order valence-corrected chi connectivity index (χ2v) is 7.89. The van der Waals surface area contributed by atoms with Gasteiger partial charge < -0.3 is 14.8 Å². The molecule has 1 fully saturated rings. The van der Waals surface area contributed by atoms with E-state index in [1.807, 2.05) is 4.90 Å². The van der Waals surface area contributed by atoms with Crippen molar-refractivity contribution >= 4 is 23.0 Å². The van der Waals surface area contributed by atoms with Crippen molar-refractivity contribution in [3.8, 4) is 0 Å². The van der Waals surface area contributed by atoms with Gasteiger partial charge in [0.25, 0.3) is 5.56 Å². The number of fused-ring (bicyclic) bond motifs is 1. The standard InChI is InChI=1S/C19H28N6O4/c1-12(2)4-6-14(26)24-8-10-25(11-9-24)15(27)7-5-13-20-16-17(21-13)23(3)19(29)22-18(16)28/h12H,4-11H2,1-3H3,(H,20,21)(H,22,28,29). The zero-order valence-corrected chi connectivity index (χ0v) is 17.2. The van der Waals surface area contributed by atoms with Crippen LogP contribution in [0.25, 0.3) is 11.2 Å². The first kappa shape index (κ1) is 20.8. The first-order valence-electron chi connectivity index (χ1n) is 9.99. The summed E-state index contributed by atoms with van der Waals surface area (Å²) < 4.78 is 1.26. The Morgan fingerprint density at radius 2 is 1.59 bits per heavy atom. The smallest absolute Gasteiger partial charge is 0.329 e. The first-order valence-corrected chi connectivity index (χ1v) is 9.99. The molecule has 3 rings (SSSR count). The molecule has 1 aliphatic rings. The summed E-state index contributed by atoms with van der Waals surface area (Å²) in [6.07, 6.45) is 2.02. The maximum atomic E-state index is 12.5. The van der Waals surface area contributed by atoms with Crippen LogP contribution in [0.3, 0.4) is 0 Å². The van der Waals surface area contributed by atoms with E-state index in [1.165, 1.54) is 11.6 Å². The molecule has 0 bridgehead atoms. The number of amides is 2. The molecule has 2 aromatic rings. The van der Waals surface area contributed by atoms with E-state index in [-0.39, 0.29) is 29.4 Å². The Hall–Kier alpha value is -2.91. The predicted molar refractivity (Wildman–Crippen MR) is 108 cm³/mol. The number of aromatic nitrogens is 4. The SMILES string of the molecule is CC(C)CCC(=O)N1CCN(C(=O)CCc2nc3c([nH]2)c(=O)[nH]c(=O)n3C)CC1. The summed E-state index contributed by atoms with van der Waals surface area (Å²) in [5, 5.41) is 0. The van der Waals surface area contributed by atoms with Gasteiger partial charge in [0.2, 0.25) is 11.8 Å². The molecule has 0 spiro atoms. The van der Waals surface area contributed by atoms with Crippen LogP contribution in [0.1, 0.15) is 38.9 Å². The van der Waals surface area contributed by atoms with Crippen molar-refractivity contribution in [3.05, 3.63) is 26.7 Å². The topological polar surface area (TPSA) is 124 Å². The van der Waals surface area contributed by atoms with Crippen LogP contribution < -0.4 is 11.2 Å². The lowest BCUT2D eigenvalue weighted by molar-refractivity contribution is -0.139. The van der Waals surface area contributed by atoms with Gasteiger partial charge in [0, 0.05) is 52.5 Å². The van der Waals surface area contributed by atoms with Crippen molar-refractivity contribution < 1.29 is 9.59 Å². The number of carbonyl (C=O) groups excluding carboxylic acids is 2. The second kappa shape index (κ2) is 8.62.